The fourth-order valence-electron chi connectivity index (χ4n) is 2.61. The molecule has 0 spiro atoms. The van der Waals surface area contributed by atoms with Gasteiger partial charge in [0.2, 0.25) is 5.91 Å². The molecule has 0 aliphatic heterocycles. The molecule has 1 aliphatic carbocycles. The van der Waals surface area contributed by atoms with Crippen molar-refractivity contribution in [2.75, 3.05) is 14.1 Å². The molecule has 2 nitrogen and oxygen atoms in total. The average Bonchev–Trinajstić information content (AvgIpc) is 2.29. The monoisotopic (exact) mass is 197 g/mol. The van der Waals surface area contributed by atoms with Gasteiger partial charge in [-0.25, -0.2) is 0 Å². The molecule has 0 bridgehead atoms. The van der Waals surface area contributed by atoms with Gasteiger partial charge < -0.3 is 4.90 Å². The molecule has 0 saturated heterocycles. The van der Waals surface area contributed by atoms with E-state index in [1.165, 1.54) is 6.42 Å². The first-order valence-corrected chi connectivity index (χ1v) is 5.45. The van der Waals surface area contributed by atoms with Gasteiger partial charge in [-0.1, -0.05) is 27.7 Å². The van der Waals surface area contributed by atoms with Crippen LogP contribution in [0, 0.1) is 16.7 Å². The predicted octanol–water partition coefficient (Wildman–Crippen LogP) is 2.54. The van der Waals surface area contributed by atoms with Crippen LogP contribution < -0.4 is 0 Å². The molecule has 1 fully saturated rings. The topological polar surface area (TPSA) is 20.3 Å². The van der Waals surface area contributed by atoms with Crippen molar-refractivity contribution in [2.24, 2.45) is 16.7 Å². The number of rotatable bonds is 1. The summed E-state index contributed by atoms with van der Waals surface area (Å²) < 4.78 is 0. The molecule has 1 saturated carbocycles. The summed E-state index contributed by atoms with van der Waals surface area (Å²) in [6, 6.07) is 0. The van der Waals surface area contributed by atoms with E-state index in [-0.39, 0.29) is 16.7 Å². The summed E-state index contributed by atoms with van der Waals surface area (Å²) in [4.78, 5) is 13.9. The van der Waals surface area contributed by atoms with Crippen LogP contribution in [0.25, 0.3) is 0 Å². The fourth-order valence-corrected chi connectivity index (χ4v) is 2.61. The van der Waals surface area contributed by atoms with Crippen molar-refractivity contribution in [3.63, 3.8) is 0 Å². The number of hydrogen-bond donors (Lipinski definition) is 0. The van der Waals surface area contributed by atoms with Crippen LogP contribution in [0.4, 0.5) is 0 Å². The zero-order chi connectivity index (χ0) is 11.1. The third-order valence-corrected chi connectivity index (χ3v) is 4.61. The number of nitrogens with zero attached hydrogens (tertiary/aromatic N) is 1. The molecular weight excluding hydrogens is 174 g/mol. The van der Waals surface area contributed by atoms with Crippen LogP contribution in [0.1, 0.15) is 40.5 Å². The molecule has 1 rings (SSSR count). The lowest BCUT2D eigenvalue weighted by molar-refractivity contribution is -0.144. The van der Waals surface area contributed by atoms with Crippen LogP contribution >= 0.6 is 0 Å². The lowest BCUT2D eigenvalue weighted by atomic mass is 9.65. The average molecular weight is 197 g/mol. The van der Waals surface area contributed by atoms with Crippen LogP contribution in [-0.4, -0.2) is 24.9 Å². The summed E-state index contributed by atoms with van der Waals surface area (Å²) in [6.07, 6.45) is 2.20. The Morgan fingerprint density at radius 3 is 2.07 bits per heavy atom. The van der Waals surface area contributed by atoms with E-state index in [0.717, 1.165) is 6.42 Å². The van der Waals surface area contributed by atoms with Crippen LogP contribution in [0.15, 0.2) is 0 Å². The summed E-state index contributed by atoms with van der Waals surface area (Å²) in [5, 5.41) is 0. The Labute approximate surface area is 87.7 Å². The van der Waals surface area contributed by atoms with E-state index < -0.39 is 0 Å². The van der Waals surface area contributed by atoms with Crippen molar-refractivity contribution in [2.45, 2.75) is 40.5 Å². The standard InChI is InChI=1S/C12H23NO/c1-9-7-8-12(4,11(9,2)3)10(14)13(5)6/h9H,7-8H2,1-6H3. The molecule has 2 atom stereocenters. The van der Waals surface area contributed by atoms with Gasteiger partial charge in [0, 0.05) is 14.1 Å². The van der Waals surface area contributed by atoms with Gasteiger partial charge in [0.25, 0.3) is 0 Å². The summed E-state index contributed by atoms with van der Waals surface area (Å²) in [7, 11) is 3.71. The Morgan fingerprint density at radius 1 is 1.29 bits per heavy atom. The van der Waals surface area contributed by atoms with Crippen molar-refractivity contribution in [3.8, 4) is 0 Å². The third kappa shape index (κ3) is 1.35. The largest absolute Gasteiger partial charge is 0.348 e. The summed E-state index contributed by atoms with van der Waals surface area (Å²) >= 11 is 0. The maximum absolute atomic E-state index is 12.2. The fraction of sp³-hybridized carbons (Fsp3) is 0.917. The minimum Gasteiger partial charge on any atom is -0.348 e. The van der Waals surface area contributed by atoms with E-state index in [0.29, 0.717) is 5.92 Å². The molecule has 0 radical (unpaired) electrons. The van der Waals surface area contributed by atoms with Crippen molar-refractivity contribution in [3.05, 3.63) is 0 Å². The van der Waals surface area contributed by atoms with Gasteiger partial charge in [0.1, 0.15) is 0 Å². The molecule has 14 heavy (non-hydrogen) atoms. The SMILES string of the molecule is CC1CCC(C)(C(=O)N(C)C)C1(C)C. The number of hydrogen-bond acceptors (Lipinski definition) is 1. The quantitative estimate of drug-likeness (QED) is 0.632. The van der Waals surface area contributed by atoms with E-state index >= 15 is 0 Å². The Bertz CT molecular complexity index is 245. The maximum Gasteiger partial charge on any atom is 0.228 e. The van der Waals surface area contributed by atoms with Crippen LogP contribution in [-0.2, 0) is 4.79 Å². The minimum atomic E-state index is -0.171. The van der Waals surface area contributed by atoms with Crippen LogP contribution in [0.2, 0.25) is 0 Å². The highest BCUT2D eigenvalue weighted by molar-refractivity contribution is 5.83. The molecule has 0 heterocycles. The van der Waals surface area contributed by atoms with E-state index in [2.05, 4.69) is 27.7 Å². The first kappa shape index (κ1) is 11.5. The number of carbonyl (C=O) groups is 1. The maximum atomic E-state index is 12.2. The zero-order valence-corrected chi connectivity index (χ0v) is 10.3. The highest BCUT2D eigenvalue weighted by Crippen LogP contribution is 2.56. The van der Waals surface area contributed by atoms with E-state index in [4.69, 9.17) is 0 Å². The Balaban J connectivity index is 3.01. The number of carbonyl (C=O) groups excluding carboxylic acids is 1. The Morgan fingerprint density at radius 2 is 1.79 bits per heavy atom. The molecule has 82 valence electrons. The molecule has 0 aromatic rings. The van der Waals surface area contributed by atoms with Gasteiger partial charge in [-0.3, -0.25) is 4.79 Å². The lowest BCUT2D eigenvalue weighted by Crippen LogP contribution is -2.46. The molecule has 0 aromatic carbocycles. The van der Waals surface area contributed by atoms with Crippen molar-refractivity contribution in [1.29, 1.82) is 0 Å². The summed E-state index contributed by atoms with van der Waals surface area (Å²) in [6.45, 7) is 8.84. The first-order chi connectivity index (χ1) is 6.23. The molecular formula is C12H23NO. The van der Waals surface area contributed by atoms with Crippen molar-refractivity contribution >= 4 is 5.91 Å². The Kier molecular flexibility index (Phi) is 2.68. The van der Waals surface area contributed by atoms with Gasteiger partial charge >= 0.3 is 0 Å². The third-order valence-electron chi connectivity index (χ3n) is 4.61. The highest BCUT2D eigenvalue weighted by atomic mass is 16.2. The second-order valence-corrected chi connectivity index (χ2v) is 5.69. The minimum absolute atomic E-state index is 0.119. The zero-order valence-electron chi connectivity index (χ0n) is 10.3. The molecule has 1 aliphatic rings. The molecule has 1 amide bonds. The van der Waals surface area contributed by atoms with Gasteiger partial charge in [-0.15, -0.1) is 0 Å². The Hall–Kier alpha value is -0.530. The molecule has 0 aromatic heterocycles. The van der Waals surface area contributed by atoms with Crippen molar-refractivity contribution < 1.29 is 4.79 Å². The summed E-state index contributed by atoms with van der Waals surface area (Å²) in [5.41, 5.74) is -0.0513. The highest BCUT2D eigenvalue weighted by Gasteiger charge is 2.54. The smallest absolute Gasteiger partial charge is 0.228 e. The van der Waals surface area contributed by atoms with Crippen LogP contribution in [0.5, 0.6) is 0 Å². The summed E-state index contributed by atoms with van der Waals surface area (Å²) in [5.74, 6) is 0.920. The second kappa shape index (κ2) is 3.25. The normalized spacial score (nSPS) is 35.7. The molecule has 2 unspecified atom stereocenters. The molecule has 2 heteroatoms. The second-order valence-electron chi connectivity index (χ2n) is 5.69. The number of amides is 1. The first-order valence-electron chi connectivity index (χ1n) is 5.45. The molecule has 0 N–H and O–H groups in total. The van der Waals surface area contributed by atoms with E-state index in [9.17, 15) is 4.79 Å². The van der Waals surface area contributed by atoms with Gasteiger partial charge in [-0.2, -0.15) is 0 Å². The van der Waals surface area contributed by atoms with Crippen LogP contribution in [0.3, 0.4) is 0 Å². The van der Waals surface area contributed by atoms with E-state index in [1.807, 2.05) is 14.1 Å². The van der Waals surface area contributed by atoms with Gasteiger partial charge in [0.05, 0.1) is 5.41 Å². The van der Waals surface area contributed by atoms with Gasteiger partial charge in [0.15, 0.2) is 0 Å². The predicted molar refractivity (Wildman–Crippen MR) is 59.0 cm³/mol. The van der Waals surface area contributed by atoms with Crippen molar-refractivity contribution in [1.82, 2.24) is 4.90 Å². The van der Waals surface area contributed by atoms with Gasteiger partial charge in [-0.05, 0) is 24.2 Å². The van der Waals surface area contributed by atoms with E-state index in [1.54, 1.807) is 4.90 Å². The lowest BCUT2D eigenvalue weighted by Gasteiger charge is -2.41.